The Kier molecular flexibility index (Phi) is 6.07. The number of carbonyl (C=O) groups is 1. The van der Waals surface area contributed by atoms with Crippen LogP contribution in [0.15, 0.2) is 34.2 Å². The Balaban J connectivity index is 1.41. The normalized spacial score (nSPS) is 28.9. The van der Waals surface area contributed by atoms with Gasteiger partial charge in [-0.15, -0.1) is 10.2 Å². The van der Waals surface area contributed by atoms with Gasteiger partial charge in [0, 0.05) is 11.5 Å². The van der Waals surface area contributed by atoms with E-state index in [2.05, 4.69) is 57.4 Å². The molecule has 0 radical (unpaired) electrons. The third-order valence-corrected chi connectivity index (χ3v) is 8.25. The molecule has 0 saturated heterocycles. The quantitative estimate of drug-likeness (QED) is 0.585. The molecule has 2 fully saturated rings. The second-order valence-corrected chi connectivity index (χ2v) is 11.1. The topological polar surface area (TPSA) is 59.8 Å². The van der Waals surface area contributed by atoms with Crippen molar-refractivity contribution in [1.29, 1.82) is 0 Å². The molecule has 0 spiro atoms. The SMILES string of the molecule is CC1CC2CC(C1)CC(C)(c1ccc(NC(=O)CSc3nncn3C)c(Br)c1)C2. The maximum Gasteiger partial charge on any atom is 0.234 e. The van der Waals surface area contributed by atoms with Crippen molar-refractivity contribution in [3.63, 3.8) is 0 Å². The summed E-state index contributed by atoms with van der Waals surface area (Å²) in [7, 11) is 1.87. The molecule has 1 aromatic carbocycles. The van der Waals surface area contributed by atoms with Gasteiger partial charge in [0.15, 0.2) is 5.16 Å². The molecule has 4 rings (SSSR count). The molecule has 1 aromatic heterocycles. The number of nitrogens with one attached hydrogen (secondary N) is 1. The minimum absolute atomic E-state index is 0.0427. The number of aryl methyl sites for hydroxylation is 1. The predicted molar refractivity (Wildman–Crippen MR) is 121 cm³/mol. The zero-order valence-corrected chi connectivity index (χ0v) is 19.7. The number of fused-ring (bicyclic) bond motifs is 2. The molecule has 1 N–H and O–H groups in total. The number of halogens is 1. The maximum absolute atomic E-state index is 12.4. The van der Waals surface area contributed by atoms with Gasteiger partial charge in [0.2, 0.25) is 5.91 Å². The predicted octanol–water partition coefficient (Wildman–Crippen LogP) is 5.41. The lowest BCUT2D eigenvalue weighted by molar-refractivity contribution is -0.113. The summed E-state index contributed by atoms with van der Waals surface area (Å²) in [6.07, 6.45) is 8.37. The standard InChI is InChI=1S/C22H29BrN4OS/c1-14-6-15-8-16(7-14)11-22(2,10-15)17-4-5-19(18(23)9-17)25-20(28)12-29-21-26-24-13-27(21)3/h4-5,9,13-16H,6-8,10-12H2,1-3H3,(H,25,28). The van der Waals surface area contributed by atoms with Gasteiger partial charge in [-0.05, 0) is 88.9 Å². The molecule has 0 aliphatic heterocycles. The van der Waals surface area contributed by atoms with Crippen molar-refractivity contribution in [2.75, 3.05) is 11.1 Å². The van der Waals surface area contributed by atoms with Gasteiger partial charge in [-0.25, -0.2) is 0 Å². The van der Waals surface area contributed by atoms with Crippen LogP contribution in [0.4, 0.5) is 5.69 Å². The van der Waals surface area contributed by atoms with Gasteiger partial charge in [-0.1, -0.05) is 31.7 Å². The van der Waals surface area contributed by atoms with E-state index in [1.54, 1.807) is 6.33 Å². The summed E-state index contributed by atoms with van der Waals surface area (Å²) in [5.41, 5.74) is 2.45. The molecule has 2 saturated carbocycles. The van der Waals surface area contributed by atoms with Crippen LogP contribution in [0.25, 0.3) is 0 Å². The summed E-state index contributed by atoms with van der Waals surface area (Å²) < 4.78 is 2.77. The van der Waals surface area contributed by atoms with Gasteiger partial charge in [-0.2, -0.15) is 0 Å². The van der Waals surface area contributed by atoms with Crippen LogP contribution in [-0.2, 0) is 17.3 Å². The van der Waals surface area contributed by atoms with E-state index in [1.165, 1.54) is 49.4 Å². The molecule has 2 aliphatic rings. The van der Waals surface area contributed by atoms with E-state index < -0.39 is 0 Å². The van der Waals surface area contributed by atoms with Crippen molar-refractivity contribution in [3.8, 4) is 0 Å². The lowest BCUT2D eigenvalue weighted by atomic mass is 9.57. The minimum Gasteiger partial charge on any atom is -0.324 e. The first-order valence-corrected chi connectivity index (χ1v) is 12.2. The number of hydrogen-bond acceptors (Lipinski definition) is 4. The zero-order valence-electron chi connectivity index (χ0n) is 17.3. The highest BCUT2D eigenvalue weighted by atomic mass is 79.9. The number of nitrogens with zero attached hydrogens (tertiary/aromatic N) is 3. The highest BCUT2D eigenvalue weighted by molar-refractivity contribution is 9.10. The van der Waals surface area contributed by atoms with Crippen LogP contribution in [0, 0.1) is 17.8 Å². The van der Waals surface area contributed by atoms with Crippen molar-refractivity contribution in [1.82, 2.24) is 14.8 Å². The molecule has 5 nitrogen and oxygen atoms in total. The third-order valence-electron chi connectivity index (χ3n) is 6.56. The molecule has 2 unspecified atom stereocenters. The van der Waals surface area contributed by atoms with Crippen LogP contribution in [0.1, 0.15) is 51.5 Å². The van der Waals surface area contributed by atoms with Gasteiger partial charge < -0.3 is 9.88 Å². The van der Waals surface area contributed by atoms with E-state index >= 15 is 0 Å². The molecule has 29 heavy (non-hydrogen) atoms. The average Bonchev–Trinajstić information content (AvgIpc) is 3.05. The number of amides is 1. The van der Waals surface area contributed by atoms with E-state index in [4.69, 9.17) is 0 Å². The van der Waals surface area contributed by atoms with Gasteiger partial charge in [-0.3, -0.25) is 4.79 Å². The van der Waals surface area contributed by atoms with Crippen LogP contribution >= 0.6 is 27.7 Å². The first-order valence-electron chi connectivity index (χ1n) is 10.4. The number of hydrogen-bond donors (Lipinski definition) is 1. The smallest absolute Gasteiger partial charge is 0.234 e. The molecule has 2 bridgehead atoms. The largest absolute Gasteiger partial charge is 0.324 e. The number of thioether (sulfide) groups is 1. The fraction of sp³-hybridized carbons (Fsp3) is 0.591. The highest BCUT2D eigenvalue weighted by Gasteiger charge is 2.41. The summed E-state index contributed by atoms with van der Waals surface area (Å²) in [6, 6.07) is 6.47. The van der Waals surface area contributed by atoms with Crippen molar-refractivity contribution in [2.45, 2.75) is 56.5 Å². The van der Waals surface area contributed by atoms with Gasteiger partial charge in [0.1, 0.15) is 6.33 Å². The molecule has 1 heterocycles. The Hall–Kier alpha value is -1.34. The summed E-state index contributed by atoms with van der Waals surface area (Å²) in [4.78, 5) is 12.4. The Morgan fingerprint density at radius 1 is 1.31 bits per heavy atom. The van der Waals surface area contributed by atoms with Crippen molar-refractivity contribution >= 4 is 39.3 Å². The van der Waals surface area contributed by atoms with Crippen LogP contribution in [0.2, 0.25) is 0 Å². The minimum atomic E-state index is -0.0427. The second kappa shape index (κ2) is 8.42. The van der Waals surface area contributed by atoms with Crippen molar-refractivity contribution in [3.05, 3.63) is 34.6 Å². The molecule has 156 valence electrons. The summed E-state index contributed by atoms with van der Waals surface area (Å²) in [5.74, 6) is 2.86. The van der Waals surface area contributed by atoms with Crippen molar-refractivity contribution < 1.29 is 4.79 Å². The molecular weight excluding hydrogens is 448 g/mol. The van der Waals surface area contributed by atoms with Gasteiger partial charge in [0.05, 0.1) is 11.4 Å². The Bertz CT molecular complexity index is 881. The van der Waals surface area contributed by atoms with Gasteiger partial charge in [0.25, 0.3) is 0 Å². The Morgan fingerprint density at radius 3 is 2.66 bits per heavy atom. The van der Waals surface area contributed by atoms with E-state index in [0.717, 1.165) is 33.1 Å². The summed E-state index contributed by atoms with van der Waals surface area (Å²) in [5, 5.41) is 11.6. The first-order chi connectivity index (χ1) is 13.8. The number of carbonyl (C=O) groups excluding carboxylic acids is 1. The average molecular weight is 477 g/mol. The second-order valence-electron chi connectivity index (χ2n) is 9.27. The monoisotopic (exact) mass is 476 g/mol. The maximum atomic E-state index is 12.4. The Labute approximate surface area is 185 Å². The first kappa shape index (κ1) is 20.9. The van der Waals surface area contributed by atoms with E-state index in [0.29, 0.717) is 5.75 Å². The molecule has 2 aromatic rings. The summed E-state index contributed by atoms with van der Waals surface area (Å²) in [6.45, 7) is 4.85. The number of rotatable bonds is 5. The van der Waals surface area contributed by atoms with Crippen LogP contribution in [-0.4, -0.2) is 26.4 Å². The lowest BCUT2D eigenvalue weighted by Crippen LogP contribution is -2.38. The third kappa shape index (κ3) is 4.71. The number of benzene rings is 1. The number of anilines is 1. The van der Waals surface area contributed by atoms with Crippen LogP contribution in [0.3, 0.4) is 0 Å². The summed E-state index contributed by atoms with van der Waals surface area (Å²) >= 11 is 5.07. The Morgan fingerprint density at radius 2 is 2.03 bits per heavy atom. The van der Waals surface area contributed by atoms with E-state index in [-0.39, 0.29) is 11.3 Å². The molecule has 7 heteroatoms. The fourth-order valence-corrected chi connectivity index (χ4v) is 6.70. The molecular formula is C22H29BrN4OS. The molecule has 2 atom stereocenters. The van der Waals surface area contributed by atoms with E-state index in [1.807, 2.05) is 17.7 Å². The van der Waals surface area contributed by atoms with Crippen LogP contribution in [0.5, 0.6) is 0 Å². The van der Waals surface area contributed by atoms with E-state index in [9.17, 15) is 4.79 Å². The van der Waals surface area contributed by atoms with Crippen molar-refractivity contribution in [2.24, 2.45) is 24.8 Å². The lowest BCUT2D eigenvalue weighted by Gasteiger charge is -2.47. The molecule has 1 amide bonds. The molecule has 2 aliphatic carbocycles. The highest BCUT2D eigenvalue weighted by Crippen LogP contribution is 2.51. The number of aromatic nitrogens is 3. The fourth-order valence-electron chi connectivity index (χ4n) is 5.54. The zero-order chi connectivity index (χ0) is 20.6. The van der Waals surface area contributed by atoms with Gasteiger partial charge >= 0.3 is 0 Å². The van der Waals surface area contributed by atoms with Crippen LogP contribution < -0.4 is 5.32 Å².